The molecule has 0 unspecified atom stereocenters. The molecular weight excluding hydrogens is 625 g/mol. The smallest absolute Gasteiger partial charge is 0.228 e. The molecule has 0 bridgehead atoms. The second-order valence-electron chi connectivity index (χ2n) is 13.1. The van der Waals surface area contributed by atoms with Crippen LogP contribution in [0.5, 0.6) is 0 Å². The third kappa shape index (κ3) is 4.23. The van der Waals surface area contributed by atoms with Gasteiger partial charge in [0.1, 0.15) is 16.7 Å². The molecule has 0 N–H and O–H groups in total. The quantitative estimate of drug-likeness (QED) is 0.177. The molecule has 11 rings (SSSR count). The maximum absolute atomic E-state index is 6.60. The zero-order chi connectivity index (χ0) is 33.5. The summed E-state index contributed by atoms with van der Waals surface area (Å²) >= 11 is 0. The van der Waals surface area contributed by atoms with Crippen molar-refractivity contribution in [3.8, 4) is 11.5 Å². The molecule has 2 aromatic heterocycles. The molecule has 0 aliphatic carbocycles. The van der Waals surface area contributed by atoms with Gasteiger partial charge in [-0.25, -0.2) is 4.98 Å². The summed E-state index contributed by atoms with van der Waals surface area (Å²) in [5.41, 5.74) is 7.28. The highest BCUT2D eigenvalue weighted by Gasteiger charge is 2.20. The fourth-order valence-electron chi connectivity index (χ4n) is 7.97. The minimum absolute atomic E-state index is 0.584. The van der Waals surface area contributed by atoms with Crippen molar-refractivity contribution < 1.29 is 8.83 Å². The Kier molecular flexibility index (Phi) is 5.92. The summed E-state index contributed by atoms with van der Waals surface area (Å²) in [5.74, 6) is 0.584. The predicted octanol–water partition coefficient (Wildman–Crippen LogP) is 13.5. The molecule has 0 spiro atoms. The molecule has 0 saturated heterocycles. The van der Waals surface area contributed by atoms with Gasteiger partial charge >= 0.3 is 0 Å². The van der Waals surface area contributed by atoms with Crippen molar-refractivity contribution in [2.24, 2.45) is 0 Å². The first-order valence-corrected chi connectivity index (χ1v) is 17.2. The first-order valence-electron chi connectivity index (χ1n) is 17.2. The number of anilines is 3. The summed E-state index contributed by atoms with van der Waals surface area (Å²) in [7, 11) is 0. The first kappa shape index (κ1) is 28.0. The summed E-state index contributed by atoms with van der Waals surface area (Å²) < 4.78 is 13.0. The van der Waals surface area contributed by atoms with E-state index in [1.54, 1.807) is 0 Å². The van der Waals surface area contributed by atoms with Crippen molar-refractivity contribution in [2.75, 3.05) is 4.90 Å². The maximum Gasteiger partial charge on any atom is 0.228 e. The Balaban J connectivity index is 1.10. The van der Waals surface area contributed by atoms with Crippen molar-refractivity contribution in [2.45, 2.75) is 0 Å². The molecular formula is C47H28N2O2. The number of aromatic nitrogens is 1. The molecule has 0 amide bonds. The van der Waals surface area contributed by atoms with E-state index < -0.39 is 0 Å². The minimum atomic E-state index is 0.584. The van der Waals surface area contributed by atoms with Gasteiger partial charge < -0.3 is 13.7 Å². The number of hydrogen-bond donors (Lipinski definition) is 0. The highest BCUT2D eigenvalue weighted by Crippen LogP contribution is 2.44. The monoisotopic (exact) mass is 652 g/mol. The molecule has 9 aromatic carbocycles. The van der Waals surface area contributed by atoms with Crippen LogP contribution in [0.3, 0.4) is 0 Å². The van der Waals surface area contributed by atoms with E-state index >= 15 is 0 Å². The van der Waals surface area contributed by atoms with Crippen LogP contribution in [-0.2, 0) is 0 Å². The Morgan fingerprint density at radius 3 is 1.76 bits per heavy atom. The molecule has 2 heterocycles. The molecule has 0 aliphatic heterocycles. The lowest BCUT2D eigenvalue weighted by molar-refractivity contribution is 0.620. The lowest BCUT2D eigenvalue weighted by Crippen LogP contribution is -2.09. The largest absolute Gasteiger partial charge is 0.456 e. The van der Waals surface area contributed by atoms with Crippen LogP contribution < -0.4 is 4.90 Å². The van der Waals surface area contributed by atoms with Crippen LogP contribution in [0.4, 0.5) is 17.1 Å². The Hall–Kier alpha value is -6.91. The van der Waals surface area contributed by atoms with Gasteiger partial charge in [0, 0.05) is 44.9 Å². The van der Waals surface area contributed by atoms with E-state index in [2.05, 4.69) is 144 Å². The number of hydrogen-bond acceptors (Lipinski definition) is 4. The van der Waals surface area contributed by atoms with Crippen LogP contribution in [0.2, 0.25) is 0 Å². The molecule has 0 radical (unpaired) electrons. The Morgan fingerprint density at radius 1 is 0.373 bits per heavy atom. The van der Waals surface area contributed by atoms with Crippen LogP contribution >= 0.6 is 0 Å². The van der Waals surface area contributed by atoms with Crippen LogP contribution in [0.25, 0.3) is 87.6 Å². The van der Waals surface area contributed by atoms with E-state index in [0.717, 1.165) is 66.4 Å². The number of oxazole rings is 1. The highest BCUT2D eigenvalue weighted by atomic mass is 16.3. The number of rotatable bonds is 4. The second kappa shape index (κ2) is 10.8. The predicted molar refractivity (Wildman–Crippen MR) is 211 cm³/mol. The number of furan rings is 1. The van der Waals surface area contributed by atoms with Gasteiger partial charge in [0.05, 0.1) is 0 Å². The Bertz CT molecular complexity index is 3120. The summed E-state index contributed by atoms with van der Waals surface area (Å²) in [6, 6.07) is 59.7. The number of nitrogens with zero attached hydrogens (tertiary/aromatic N) is 2. The van der Waals surface area contributed by atoms with Crippen molar-refractivity contribution >= 4 is 93.2 Å². The van der Waals surface area contributed by atoms with Crippen LogP contribution in [0, 0.1) is 0 Å². The molecule has 0 saturated carbocycles. The SMILES string of the molecule is c1ccc(N(c2ccc3c(c2)oc2cccc(-c4nc5c(ccc6ccccc65)o4)c23)c2ccc3c4ccccc4c4ccccc4c3c2)cc1. The standard InChI is InChI=1S/C47H28N2O2/c1-2-12-30(13-3-1)49(31-22-24-38-36-17-7-6-15-34(36)35-16-8-9-18-37(35)41(38)27-31)32-23-25-39-44(28-32)50-42-20-10-19-40(45(39)42)47-48-46-33-14-5-4-11-29(33)21-26-43(46)51-47/h1-28H. The van der Waals surface area contributed by atoms with E-state index in [0.29, 0.717) is 5.89 Å². The van der Waals surface area contributed by atoms with Gasteiger partial charge in [0.25, 0.3) is 0 Å². The van der Waals surface area contributed by atoms with Gasteiger partial charge in [0.2, 0.25) is 5.89 Å². The first-order chi connectivity index (χ1) is 25.3. The lowest BCUT2D eigenvalue weighted by Gasteiger charge is -2.26. The van der Waals surface area contributed by atoms with E-state index in [1.807, 2.05) is 30.3 Å². The summed E-state index contributed by atoms with van der Waals surface area (Å²) in [6.07, 6.45) is 0. The van der Waals surface area contributed by atoms with E-state index in [9.17, 15) is 0 Å². The van der Waals surface area contributed by atoms with Gasteiger partial charge in [-0.15, -0.1) is 0 Å². The summed E-state index contributed by atoms with van der Waals surface area (Å²) in [6.45, 7) is 0. The molecule has 51 heavy (non-hydrogen) atoms. The van der Waals surface area contributed by atoms with Crippen molar-refractivity contribution in [1.29, 1.82) is 0 Å². The fourth-order valence-corrected chi connectivity index (χ4v) is 7.97. The van der Waals surface area contributed by atoms with E-state index in [1.165, 1.54) is 32.3 Å². The maximum atomic E-state index is 6.60. The number of para-hydroxylation sites is 1. The number of benzene rings is 9. The van der Waals surface area contributed by atoms with Crippen molar-refractivity contribution in [3.05, 3.63) is 170 Å². The average molecular weight is 653 g/mol. The Morgan fingerprint density at radius 2 is 1.00 bits per heavy atom. The average Bonchev–Trinajstić information content (AvgIpc) is 3.81. The molecule has 0 fully saturated rings. The second-order valence-corrected chi connectivity index (χ2v) is 13.1. The zero-order valence-electron chi connectivity index (χ0n) is 27.4. The van der Waals surface area contributed by atoms with Crippen LogP contribution in [0.15, 0.2) is 179 Å². The highest BCUT2D eigenvalue weighted by molar-refractivity contribution is 6.26. The number of fused-ring (bicyclic) bond motifs is 12. The summed E-state index contributed by atoms with van der Waals surface area (Å²) in [4.78, 5) is 7.33. The van der Waals surface area contributed by atoms with Gasteiger partial charge in [-0.2, -0.15) is 0 Å². The normalized spacial score (nSPS) is 11.9. The Labute approximate surface area is 292 Å². The zero-order valence-corrected chi connectivity index (χ0v) is 27.4. The fraction of sp³-hybridized carbons (Fsp3) is 0. The van der Waals surface area contributed by atoms with Gasteiger partial charge in [0.15, 0.2) is 5.58 Å². The molecule has 0 aliphatic rings. The molecule has 4 heteroatoms. The molecule has 4 nitrogen and oxygen atoms in total. The van der Waals surface area contributed by atoms with Crippen molar-refractivity contribution in [3.63, 3.8) is 0 Å². The molecule has 238 valence electrons. The van der Waals surface area contributed by atoms with E-state index in [4.69, 9.17) is 13.8 Å². The lowest BCUT2D eigenvalue weighted by atomic mass is 9.94. The third-order valence-corrected chi connectivity index (χ3v) is 10.3. The van der Waals surface area contributed by atoms with Gasteiger partial charge in [-0.05, 0) is 92.3 Å². The summed E-state index contributed by atoms with van der Waals surface area (Å²) in [5, 5.41) is 11.7. The minimum Gasteiger partial charge on any atom is -0.456 e. The van der Waals surface area contributed by atoms with Gasteiger partial charge in [-0.1, -0.05) is 109 Å². The van der Waals surface area contributed by atoms with Crippen LogP contribution in [0.1, 0.15) is 0 Å². The molecule has 11 aromatic rings. The van der Waals surface area contributed by atoms with Crippen molar-refractivity contribution in [1.82, 2.24) is 4.98 Å². The van der Waals surface area contributed by atoms with E-state index in [-0.39, 0.29) is 0 Å². The topological polar surface area (TPSA) is 42.4 Å². The van der Waals surface area contributed by atoms with Crippen LogP contribution in [-0.4, -0.2) is 4.98 Å². The molecule has 0 atom stereocenters. The van der Waals surface area contributed by atoms with Gasteiger partial charge in [-0.3, -0.25) is 0 Å². The third-order valence-electron chi connectivity index (χ3n) is 10.3.